The molecule has 1 rings (SSSR count). The molecule has 108 valence electrons. The Morgan fingerprint density at radius 2 is 1.95 bits per heavy atom. The molecule has 0 aliphatic rings. The van der Waals surface area contributed by atoms with Gasteiger partial charge in [0.2, 0.25) is 0 Å². The predicted molar refractivity (Wildman–Crippen MR) is 81.7 cm³/mol. The third-order valence-corrected chi connectivity index (χ3v) is 3.95. The number of hydrogen-bond acceptors (Lipinski definition) is 3. The van der Waals surface area contributed by atoms with Gasteiger partial charge in [-0.05, 0) is 74.5 Å². The Labute approximate surface area is 117 Å². The van der Waals surface area contributed by atoms with Crippen LogP contribution in [-0.4, -0.2) is 20.2 Å². The van der Waals surface area contributed by atoms with E-state index in [1.165, 1.54) is 22.3 Å². The quantitative estimate of drug-likeness (QED) is 0.744. The van der Waals surface area contributed by atoms with E-state index in [1.54, 1.807) is 7.11 Å². The third kappa shape index (κ3) is 4.22. The molecule has 0 bridgehead atoms. The van der Waals surface area contributed by atoms with Crippen LogP contribution in [0.25, 0.3) is 0 Å². The number of rotatable bonds is 7. The van der Waals surface area contributed by atoms with Crippen LogP contribution in [0.2, 0.25) is 0 Å². The number of nitrogens with one attached hydrogen (secondary N) is 1. The summed E-state index contributed by atoms with van der Waals surface area (Å²) in [5.74, 6) is 1.57. The fourth-order valence-electron chi connectivity index (χ4n) is 2.26. The Bertz CT molecular complexity index is 416. The maximum Gasteiger partial charge on any atom is 0.122 e. The van der Waals surface area contributed by atoms with Crippen molar-refractivity contribution in [2.45, 2.75) is 40.7 Å². The summed E-state index contributed by atoms with van der Waals surface area (Å²) >= 11 is 0. The Hall–Kier alpha value is -1.06. The van der Waals surface area contributed by atoms with Crippen LogP contribution in [0.15, 0.2) is 6.07 Å². The average Bonchev–Trinajstić information content (AvgIpc) is 2.41. The van der Waals surface area contributed by atoms with E-state index in [-0.39, 0.29) is 0 Å². The highest BCUT2D eigenvalue weighted by atomic mass is 16.5. The third-order valence-electron chi connectivity index (χ3n) is 3.95. The van der Waals surface area contributed by atoms with E-state index in [0.29, 0.717) is 5.92 Å². The van der Waals surface area contributed by atoms with Gasteiger partial charge in [0.25, 0.3) is 0 Å². The van der Waals surface area contributed by atoms with Crippen LogP contribution in [-0.2, 0) is 6.54 Å². The molecular weight excluding hydrogens is 236 g/mol. The molecule has 0 heterocycles. The van der Waals surface area contributed by atoms with E-state index in [2.05, 4.69) is 39.1 Å². The predicted octanol–water partition coefficient (Wildman–Crippen LogP) is 2.69. The van der Waals surface area contributed by atoms with Gasteiger partial charge >= 0.3 is 0 Å². The maximum atomic E-state index is 5.62. The summed E-state index contributed by atoms with van der Waals surface area (Å²) in [5.41, 5.74) is 10.9. The van der Waals surface area contributed by atoms with Gasteiger partial charge in [0.1, 0.15) is 5.75 Å². The standard InChI is InChI=1S/C16H28N2O/c1-11(9-17)6-7-18-10-15-12(2)8-16(19-5)14(4)13(15)3/h8,11,18H,6-7,9-10,17H2,1-5H3. The highest BCUT2D eigenvalue weighted by Gasteiger charge is 2.10. The summed E-state index contributed by atoms with van der Waals surface area (Å²) < 4.78 is 5.40. The van der Waals surface area contributed by atoms with Gasteiger partial charge in [0.05, 0.1) is 7.11 Å². The van der Waals surface area contributed by atoms with Crippen molar-refractivity contribution < 1.29 is 4.74 Å². The van der Waals surface area contributed by atoms with E-state index in [1.807, 2.05) is 0 Å². The van der Waals surface area contributed by atoms with Crippen LogP contribution in [0.3, 0.4) is 0 Å². The molecule has 0 spiro atoms. The van der Waals surface area contributed by atoms with Gasteiger partial charge in [-0.3, -0.25) is 0 Å². The smallest absolute Gasteiger partial charge is 0.122 e. The van der Waals surface area contributed by atoms with E-state index in [4.69, 9.17) is 10.5 Å². The van der Waals surface area contributed by atoms with Crippen LogP contribution in [0.1, 0.15) is 35.6 Å². The molecule has 0 aromatic heterocycles. The van der Waals surface area contributed by atoms with Crippen molar-refractivity contribution in [1.29, 1.82) is 0 Å². The Balaban J connectivity index is 2.66. The zero-order chi connectivity index (χ0) is 14.4. The summed E-state index contributed by atoms with van der Waals surface area (Å²) in [6.07, 6.45) is 1.13. The molecule has 0 amide bonds. The van der Waals surface area contributed by atoms with Gasteiger partial charge in [-0.1, -0.05) is 6.92 Å². The molecule has 0 aliphatic heterocycles. The number of benzene rings is 1. The molecule has 0 fully saturated rings. The van der Waals surface area contributed by atoms with Gasteiger partial charge in [-0.25, -0.2) is 0 Å². The van der Waals surface area contributed by atoms with Crippen molar-refractivity contribution in [3.05, 3.63) is 28.3 Å². The molecule has 0 aliphatic carbocycles. The van der Waals surface area contributed by atoms with Crippen molar-refractivity contribution in [2.24, 2.45) is 11.7 Å². The second-order valence-electron chi connectivity index (χ2n) is 5.43. The molecule has 0 saturated carbocycles. The van der Waals surface area contributed by atoms with Crippen molar-refractivity contribution in [3.63, 3.8) is 0 Å². The van der Waals surface area contributed by atoms with E-state index in [0.717, 1.165) is 31.8 Å². The molecule has 3 nitrogen and oxygen atoms in total. The minimum Gasteiger partial charge on any atom is -0.496 e. The lowest BCUT2D eigenvalue weighted by Gasteiger charge is -2.17. The summed E-state index contributed by atoms with van der Waals surface area (Å²) in [4.78, 5) is 0. The highest BCUT2D eigenvalue weighted by Crippen LogP contribution is 2.27. The molecule has 1 atom stereocenters. The number of ether oxygens (including phenoxy) is 1. The van der Waals surface area contributed by atoms with Crippen LogP contribution >= 0.6 is 0 Å². The molecule has 1 unspecified atom stereocenters. The zero-order valence-corrected chi connectivity index (χ0v) is 13.0. The zero-order valence-electron chi connectivity index (χ0n) is 13.0. The van der Waals surface area contributed by atoms with Crippen molar-refractivity contribution >= 4 is 0 Å². The summed E-state index contributed by atoms with van der Waals surface area (Å²) in [6.45, 7) is 11.3. The number of methoxy groups -OCH3 is 1. The van der Waals surface area contributed by atoms with Crippen LogP contribution < -0.4 is 15.8 Å². The summed E-state index contributed by atoms with van der Waals surface area (Å²) in [5, 5.41) is 3.52. The Kier molecular flexibility index (Phi) is 6.32. The SMILES string of the molecule is COc1cc(C)c(CNCCC(C)CN)c(C)c1C. The van der Waals surface area contributed by atoms with Crippen molar-refractivity contribution in [3.8, 4) is 5.75 Å². The van der Waals surface area contributed by atoms with Gasteiger partial charge < -0.3 is 15.8 Å². The first-order chi connectivity index (χ1) is 9.01. The van der Waals surface area contributed by atoms with E-state index >= 15 is 0 Å². The first-order valence-electron chi connectivity index (χ1n) is 7.05. The summed E-state index contributed by atoms with van der Waals surface area (Å²) in [6, 6.07) is 2.13. The van der Waals surface area contributed by atoms with Crippen LogP contribution in [0.5, 0.6) is 5.75 Å². The molecule has 0 radical (unpaired) electrons. The van der Waals surface area contributed by atoms with Gasteiger partial charge in [-0.15, -0.1) is 0 Å². The lowest BCUT2D eigenvalue weighted by molar-refractivity contribution is 0.410. The molecule has 19 heavy (non-hydrogen) atoms. The molecule has 0 saturated heterocycles. The second-order valence-corrected chi connectivity index (χ2v) is 5.43. The largest absolute Gasteiger partial charge is 0.496 e. The lowest BCUT2D eigenvalue weighted by atomic mass is 9.97. The van der Waals surface area contributed by atoms with Crippen LogP contribution in [0.4, 0.5) is 0 Å². The summed E-state index contributed by atoms with van der Waals surface area (Å²) in [7, 11) is 1.73. The minimum atomic E-state index is 0.590. The fraction of sp³-hybridized carbons (Fsp3) is 0.625. The van der Waals surface area contributed by atoms with Gasteiger partial charge in [0.15, 0.2) is 0 Å². The molecule has 1 aromatic carbocycles. The normalized spacial score (nSPS) is 12.5. The number of aryl methyl sites for hydroxylation is 1. The number of nitrogens with two attached hydrogens (primary N) is 1. The van der Waals surface area contributed by atoms with E-state index < -0.39 is 0 Å². The molecule has 3 N–H and O–H groups in total. The van der Waals surface area contributed by atoms with Gasteiger partial charge in [0, 0.05) is 6.54 Å². The topological polar surface area (TPSA) is 47.3 Å². The monoisotopic (exact) mass is 264 g/mol. The first kappa shape index (κ1) is 16.0. The average molecular weight is 264 g/mol. The van der Waals surface area contributed by atoms with E-state index in [9.17, 15) is 0 Å². The van der Waals surface area contributed by atoms with Crippen molar-refractivity contribution in [2.75, 3.05) is 20.2 Å². The minimum absolute atomic E-state index is 0.590. The molecule has 3 heteroatoms. The highest BCUT2D eigenvalue weighted by molar-refractivity contribution is 5.48. The van der Waals surface area contributed by atoms with Crippen LogP contribution in [0, 0.1) is 26.7 Å². The Morgan fingerprint density at radius 1 is 1.26 bits per heavy atom. The maximum absolute atomic E-state index is 5.62. The number of hydrogen-bond donors (Lipinski definition) is 2. The fourth-order valence-corrected chi connectivity index (χ4v) is 2.26. The Morgan fingerprint density at radius 3 is 2.53 bits per heavy atom. The molecular formula is C16H28N2O. The first-order valence-corrected chi connectivity index (χ1v) is 7.05. The molecule has 1 aromatic rings. The van der Waals surface area contributed by atoms with Gasteiger partial charge in [-0.2, -0.15) is 0 Å². The second kappa shape index (κ2) is 7.51. The van der Waals surface area contributed by atoms with Crippen molar-refractivity contribution in [1.82, 2.24) is 5.32 Å². The lowest BCUT2D eigenvalue weighted by Crippen LogP contribution is -2.21.